The van der Waals surface area contributed by atoms with Gasteiger partial charge >= 0.3 is 0 Å². The van der Waals surface area contributed by atoms with Crippen LogP contribution in [0.1, 0.15) is 0 Å². The Morgan fingerprint density at radius 3 is 2.02 bits per heavy atom. The summed E-state index contributed by atoms with van der Waals surface area (Å²) in [5.41, 5.74) is 7.43. The first-order chi connectivity index (χ1) is 20.3. The number of thiophene rings is 1. The van der Waals surface area contributed by atoms with Crippen LogP contribution in [0.4, 0.5) is 0 Å². The molecule has 0 spiro atoms. The molecule has 2 N–H and O–H groups in total. The van der Waals surface area contributed by atoms with E-state index in [0.29, 0.717) is 0 Å². The highest BCUT2D eigenvalue weighted by molar-refractivity contribution is 7.22. The van der Waals surface area contributed by atoms with Crippen molar-refractivity contribution in [3.63, 3.8) is 0 Å². The molecular weight excluding hydrogens is 516 g/mol. The molecule has 3 aromatic heterocycles. The van der Waals surface area contributed by atoms with Gasteiger partial charge in [0.2, 0.25) is 0 Å². The van der Waals surface area contributed by atoms with Gasteiger partial charge in [-0.15, -0.1) is 11.3 Å². The van der Waals surface area contributed by atoms with Gasteiger partial charge in [0.05, 0.1) is 5.52 Å². The lowest BCUT2D eigenvalue weighted by Gasteiger charge is -2.13. The number of rotatable bonds is 2. The van der Waals surface area contributed by atoms with Gasteiger partial charge in [0, 0.05) is 43.1 Å². The summed E-state index contributed by atoms with van der Waals surface area (Å²) in [7, 11) is 0. The van der Waals surface area contributed by atoms with Crippen LogP contribution in [0.2, 0.25) is 0 Å². The van der Waals surface area contributed by atoms with Crippen molar-refractivity contribution in [1.82, 2.24) is 9.97 Å². The molecule has 0 aliphatic carbocycles. The van der Waals surface area contributed by atoms with E-state index in [4.69, 9.17) is 0 Å². The lowest BCUT2D eigenvalue weighted by Crippen LogP contribution is -1.87. The van der Waals surface area contributed by atoms with Gasteiger partial charge in [0.1, 0.15) is 0 Å². The van der Waals surface area contributed by atoms with Crippen molar-refractivity contribution >= 4 is 64.9 Å². The summed E-state index contributed by atoms with van der Waals surface area (Å²) < 4.78 is 1.32. The number of hydrogen-bond donors (Lipinski definition) is 2. The van der Waals surface area contributed by atoms with Crippen LogP contribution >= 0.6 is 11.3 Å². The van der Waals surface area contributed by atoms with Crippen LogP contribution in [0.25, 0.3) is 75.1 Å². The smallest absolute Gasteiger partial charge is 0.0559 e. The summed E-state index contributed by atoms with van der Waals surface area (Å²) in [5, 5.41) is 7.67. The zero-order chi connectivity index (χ0) is 27.2. The van der Waals surface area contributed by atoms with Crippen molar-refractivity contribution in [2.24, 2.45) is 0 Å². The molecule has 0 fully saturated rings. The number of hydrogen-bond acceptors (Lipinski definition) is 1. The number of benzene rings is 6. The highest BCUT2D eigenvalue weighted by Crippen LogP contribution is 2.45. The number of aromatic amines is 2. The Balaban J connectivity index is 0.000000242. The number of H-pyrrole nitrogens is 2. The van der Waals surface area contributed by atoms with E-state index in [2.05, 4.69) is 137 Å². The monoisotopic (exact) mass is 542 g/mol. The minimum atomic E-state index is 1.18. The van der Waals surface area contributed by atoms with Crippen molar-refractivity contribution in [1.29, 1.82) is 0 Å². The van der Waals surface area contributed by atoms with Crippen LogP contribution < -0.4 is 0 Å². The van der Waals surface area contributed by atoms with Gasteiger partial charge < -0.3 is 9.97 Å². The molecule has 3 heterocycles. The molecular formula is C38H26N2S. The standard InChI is InChI=1S/C30H19NS.C8H7N/c1-3-11-21-19(8-1)10-7-13-22(21)24-16-17-25-23-12-4-5-14-26(23)31-30(25)29(24)28-18-20-9-2-6-15-27(20)32-28;1-2-4-8-7(3-1)5-6-9-8/h1-18,31H;1-6,9H. The van der Waals surface area contributed by atoms with Crippen LogP contribution in [0.5, 0.6) is 0 Å². The summed E-state index contributed by atoms with van der Waals surface area (Å²) in [6.45, 7) is 0. The van der Waals surface area contributed by atoms with Crippen molar-refractivity contribution in [3.8, 4) is 21.6 Å². The molecule has 0 saturated carbocycles. The normalized spacial score (nSPS) is 11.4. The molecule has 0 radical (unpaired) electrons. The highest BCUT2D eigenvalue weighted by Gasteiger charge is 2.18. The van der Waals surface area contributed by atoms with Gasteiger partial charge in [-0.2, -0.15) is 0 Å². The lowest BCUT2D eigenvalue weighted by atomic mass is 9.92. The molecule has 3 heteroatoms. The number of aromatic nitrogens is 2. The predicted molar refractivity (Wildman–Crippen MR) is 178 cm³/mol. The zero-order valence-electron chi connectivity index (χ0n) is 22.3. The van der Waals surface area contributed by atoms with Crippen LogP contribution in [-0.2, 0) is 0 Å². The maximum absolute atomic E-state index is 3.75. The summed E-state index contributed by atoms with van der Waals surface area (Å²) in [6.07, 6.45) is 1.95. The Morgan fingerprint density at radius 1 is 0.463 bits per heavy atom. The third kappa shape index (κ3) is 4.10. The summed E-state index contributed by atoms with van der Waals surface area (Å²) in [4.78, 5) is 8.17. The summed E-state index contributed by atoms with van der Waals surface area (Å²) >= 11 is 1.87. The van der Waals surface area contributed by atoms with Crippen LogP contribution in [0.3, 0.4) is 0 Å². The quantitative estimate of drug-likeness (QED) is 0.218. The molecule has 0 atom stereocenters. The van der Waals surface area contributed by atoms with E-state index in [-0.39, 0.29) is 0 Å². The van der Waals surface area contributed by atoms with Gasteiger partial charge in [0.25, 0.3) is 0 Å². The minimum Gasteiger partial charge on any atom is -0.361 e. The van der Waals surface area contributed by atoms with E-state index in [1.807, 2.05) is 29.7 Å². The van der Waals surface area contributed by atoms with Crippen LogP contribution in [-0.4, -0.2) is 9.97 Å². The summed E-state index contributed by atoms with van der Waals surface area (Å²) in [6, 6.07) is 49.8. The number of fused-ring (bicyclic) bond motifs is 6. The second kappa shape index (κ2) is 9.81. The van der Waals surface area contributed by atoms with Crippen molar-refractivity contribution < 1.29 is 0 Å². The van der Waals surface area contributed by atoms with Gasteiger partial charge in [-0.25, -0.2) is 0 Å². The van der Waals surface area contributed by atoms with Crippen LogP contribution in [0, 0.1) is 0 Å². The molecule has 0 bridgehead atoms. The maximum Gasteiger partial charge on any atom is 0.0559 e. The Morgan fingerprint density at radius 2 is 1.17 bits per heavy atom. The third-order valence-corrected chi connectivity index (χ3v) is 9.03. The Kier molecular flexibility index (Phi) is 5.68. The van der Waals surface area contributed by atoms with E-state index >= 15 is 0 Å². The minimum absolute atomic E-state index is 1.18. The molecule has 0 aliphatic heterocycles. The largest absolute Gasteiger partial charge is 0.361 e. The first kappa shape index (κ1) is 23.7. The van der Waals surface area contributed by atoms with Gasteiger partial charge in [-0.1, -0.05) is 109 Å². The molecule has 0 aliphatic rings. The van der Waals surface area contributed by atoms with E-state index in [1.165, 1.54) is 75.1 Å². The Labute approximate surface area is 241 Å². The highest BCUT2D eigenvalue weighted by atomic mass is 32.1. The summed E-state index contributed by atoms with van der Waals surface area (Å²) in [5.74, 6) is 0. The third-order valence-electron chi connectivity index (χ3n) is 7.90. The van der Waals surface area contributed by atoms with E-state index in [0.717, 1.165) is 0 Å². The molecule has 0 saturated heterocycles. The first-order valence-electron chi connectivity index (χ1n) is 13.9. The van der Waals surface area contributed by atoms with Crippen molar-refractivity contribution in [2.45, 2.75) is 0 Å². The average molecular weight is 543 g/mol. The molecule has 9 rings (SSSR count). The van der Waals surface area contributed by atoms with Crippen LogP contribution in [0.15, 0.2) is 146 Å². The predicted octanol–water partition coefficient (Wildman–Crippen LogP) is 11.2. The van der Waals surface area contributed by atoms with Gasteiger partial charge in [0.15, 0.2) is 0 Å². The Hall–Kier alpha value is -5.12. The molecule has 0 unspecified atom stereocenters. The van der Waals surface area contributed by atoms with Gasteiger partial charge in [-0.05, 0) is 63.0 Å². The fourth-order valence-electron chi connectivity index (χ4n) is 5.96. The topological polar surface area (TPSA) is 31.6 Å². The molecule has 194 valence electrons. The fourth-order valence-corrected chi connectivity index (χ4v) is 7.09. The molecule has 2 nitrogen and oxygen atoms in total. The molecule has 0 amide bonds. The van der Waals surface area contributed by atoms with E-state index < -0.39 is 0 Å². The van der Waals surface area contributed by atoms with Crippen molar-refractivity contribution in [2.75, 3.05) is 0 Å². The fraction of sp³-hybridized carbons (Fsp3) is 0. The van der Waals surface area contributed by atoms with E-state index in [1.54, 1.807) is 0 Å². The van der Waals surface area contributed by atoms with E-state index in [9.17, 15) is 0 Å². The lowest BCUT2D eigenvalue weighted by molar-refractivity contribution is 1.48. The molecule has 9 aromatic rings. The Bertz CT molecular complexity index is 2260. The number of para-hydroxylation sites is 2. The zero-order valence-corrected chi connectivity index (χ0v) is 23.1. The first-order valence-corrected chi connectivity index (χ1v) is 14.7. The molecule has 41 heavy (non-hydrogen) atoms. The van der Waals surface area contributed by atoms with Crippen molar-refractivity contribution in [3.05, 3.63) is 146 Å². The molecule has 6 aromatic carbocycles. The SMILES string of the molecule is c1ccc2[nH]ccc2c1.c1ccc2sc(-c3c(-c4cccc5ccccc45)ccc4c3[nH]c3ccccc34)cc2c1. The maximum atomic E-state index is 3.75. The van der Waals surface area contributed by atoms with Gasteiger partial charge in [-0.3, -0.25) is 0 Å². The number of nitrogens with one attached hydrogen (secondary N) is 2. The second-order valence-corrected chi connectivity index (χ2v) is 11.4. The second-order valence-electron chi connectivity index (χ2n) is 10.3. The average Bonchev–Trinajstić information content (AvgIpc) is 3.77.